The van der Waals surface area contributed by atoms with Gasteiger partial charge in [-0.3, -0.25) is 0 Å². The SMILES string of the molecule is O=C(O)NC1CNCC1F. The molecule has 1 rings (SSSR count). The van der Waals surface area contributed by atoms with Crippen molar-refractivity contribution >= 4 is 6.09 Å². The molecule has 0 aromatic carbocycles. The molecule has 2 unspecified atom stereocenters. The van der Waals surface area contributed by atoms with E-state index in [4.69, 9.17) is 5.11 Å². The maximum Gasteiger partial charge on any atom is 0.405 e. The van der Waals surface area contributed by atoms with Crippen LogP contribution in [0, 0.1) is 0 Å². The molecule has 4 nitrogen and oxygen atoms in total. The van der Waals surface area contributed by atoms with Crippen LogP contribution in [-0.2, 0) is 0 Å². The fourth-order valence-corrected chi connectivity index (χ4v) is 0.947. The first-order chi connectivity index (χ1) is 4.70. The van der Waals surface area contributed by atoms with Crippen LogP contribution in [0.1, 0.15) is 0 Å². The highest BCUT2D eigenvalue weighted by atomic mass is 19.1. The second-order valence-electron chi connectivity index (χ2n) is 2.23. The van der Waals surface area contributed by atoms with E-state index in [9.17, 15) is 9.18 Å². The van der Waals surface area contributed by atoms with Crippen LogP contribution < -0.4 is 10.6 Å². The van der Waals surface area contributed by atoms with Crippen molar-refractivity contribution in [1.29, 1.82) is 0 Å². The highest BCUT2D eigenvalue weighted by molar-refractivity contribution is 5.65. The minimum Gasteiger partial charge on any atom is -0.465 e. The number of nitrogens with one attached hydrogen (secondary N) is 2. The Morgan fingerprint density at radius 1 is 1.70 bits per heavy atom. The molecular formula is C5H9FN2O2. The van der Waals surface area contributed by atoms with E-state index in [-0.39, 0.29) is 6.54 Å². The molecule has 0 saturated carbocycles. The van der Waals surface area contributed by atoms with Crippen molar-refractivity contribution in [3.05, 3.63) is 0 Å². The van der Waals surface area contributed by atoms with E-state index in [0.29, 0.717) is 6.54 Å². The van der Waals surface area contributed by atoms with Crippen LogP contribution in [-0.4, -0.2) is 36.5 Å². The number of hydrogen-bond donors (Lipinski definition) is 3. The lowest BCUT2D eigenvalue weighted by atomic mass is 10.2. The second kappa shape index (κ2) is 2.83. The van der Waals surface area contributed by atoms with E-state index in [2.05, 4.69) is 10.6 Å². The molecule has 1 amide bonds. The summed E-state index contributed by atoms with van der Waals surface area (Å²) in [7, 11) is 0. The van der Waals surface area contributed by atoms with Gasteiger partial charge in [0.25, 0.3) is 0 Å². The molecule has 0 bridgehead atoms. The van der Waals surface area contributed by atoms with E-state index < -0.39 is 18.3 Å². The molecular weight excluding hydrogens is 139 g/mol. The van der Waals surface area contributed by atoms with Crippen molar-refractivity contribution < 1.29 is 14.3 Å². The fraction of sp³-hybridized carbons (Fsp3) is 0.800. The summed E-state index contributed by atoms with van der Waals surface area (Å²) < 4.78 is 12.6. The normalized spacial score (nSPS) is 32.1. The smallest absolute Gasteiger partial charge is 0.405 e. The van der Waals surface area contributed by atoms with Gasteiger partial charge in [0, 0.05) is 13.1 Å². The molecule has 0 aromatic heterocycles. The van der Waals surface area contributed by atoms with Crippen LogP contribution in [0.25, 0.3) is 0 Å². The van der Waals surface area contributed by atoms with Crippen LogP contribution in [0.15, 0.2) is 0 Å². The average Bonchev–Trinajstić information content (AvgIpc) is 2.15. The van der Waals surface area contributed by atoms with Gasteiger partial charge >= 0.3 is 6.09 Å². The summed E-state index contributed by atoms with van der Waals surface area (Å²) in [6, 6.07) is -0.572. The third-order valence-electron chi connectivity index (χ3n) is 1.45. The zero-order valence-electron chi connectivity index (χ0n) is 5.30. The van der Waals surface area contributed by atoms with Gasteiger partial charge in [0.2, 0.25) is 0 Å². The summed E-state index contributed by atoms with van der Waals surface area (Å²) in [5.41, 5.74) is 0. The number of carboxylic acid groups (broad SMARTS) is 1. The van der Waals surface area contributed by atoms with Crippen LogP contribution in [0.2, 0.25) is 0 Å². The number of rotatable bonds is 1. The van der Waals surface area contributed by atoms with E-state index in [1.807, 2.05) is 0 Å². The first-order valence-electron chi connectivity index (χ1n) is 3.04. The zero-order valence-corrected chi connectivity index (χ0v) is 5.30. The lowest BCUT2D eigenvalue weighted by Gasteiger charge is -2.09. The molecule has 1 aliphatic rings. The molecule has 1 heterocycles. The third kappa shape index (κ3) is 1.57. The maximum absolute atomic E-state index is 12.6. The monoisotopic (exact) mass is 148 g/mol. The van der Waals surface area contributed by atoms with Crippen LogP contribution in [0.5, 0.6) is 0 Å². The molecule has 5 heteroatoms. The van der Waals surface area contributed by atoms with Crippen molar-refractivity contribution in [1.82, 2.24) is 10.6 Å². The van der Waals surface area contributed by atoms with E-state index >= 15 is 0 Å². The van der Waals surface area contributed by atoms with Gasteiger partial charge < -0.3 is 15.7 Å². The van der Waals surface area contributed by atoms with E-state index in [1.54, 1.807) is 0 Å². The minimum absolute atomic E-state index is 0.241. The minimum atomic E-state index is -1.17. The molecule has 1 saturated heterocycles. The summed E-state index contributed by atoms with van der Waals surface area (Å²) in [4.78, 5) is 10.00. The lowest BCUT2D eigenvalue weighted by Crippen LogP contribution is -2.40. The second-order valence-corrected chi connectivity index (χ2v) is 2.23. The summed E-state index contributed by atoms with van der Waals surface area (Å²) in [6.07, 6.45) is -2.26. The topological polar surface area (TPSA) is 61.4 Å². The van der Waals surface area contributed by atoms with Gasteiger partial charge in [-0.25, -0.2) is 9.18 Å². The first-order valence-corrected chi connectivity index (χ1v) is 3.04. The Morgan fingerprint density at radius 3 is 2.80 bits per heavy atom. The number of amides is 1. The zero-order chi connectivity index (χ0) is 7.56. The molecule has 2 atom stereocenters. The maximum atomic E-state index is 12.6. The number of carbonyl (C=O) groups is 1. The first kappa shape index (κ1) is 7.27. The Labute approximate surface area is 57.4 Å². The highest BCUT2D eigenvalue weighted by Crippen LogP contribution is 2.03. The predicted molar refractivity (Wildman–Crippen MR) is 32.7 cm³/mol. The van der Waals surface area contributed by atoms with Crippen LogP contribution >= 0.6 is 0 Å². The largest absolute Gasteiger partial charge is 0.465 e. The molecule has 10 heavy (non-hydrogen) atoms. The van der Waals surface area contributed by atoms with Gasteiger partial charge in [-0.1, -0.05) is 0 Å². The standard InChI is InChI=1S/C5H9FN2O2/c6-3-1-7-2-4(3)8-5(9)10/h3-4,7-8H,1-2H2,(H,9,10). The van der Waals surface area contributed by atoms with Crippen molar-refractivity contribution in [2.75, 3.05) is 13.1 Å². The molecule has 0 aromatic rings. The van der Waals surface area contributed by atoms with Crippen LogP contribution in [0.4, 0.5) is 9.18 Å². The van der Waals surface area contributed by atoms with Gasteiger partial charge in [0.05, 0.1) is 6.04 Å². The number of halogens is 1. The van der Waals surface area contributed by atoms with Gasteiger partial charge in [-0.05, 0) is 0 Å². The van der Waals surface area contributed by atoms with Crippen molar-refractivity contribution in [2.24, 2.45) is 0 Å². The predicted octanol–water partition coefficient (Wildman–Crippen LogP) is -0.436. The van der Waals surface area contributed by atoms with Crippen LogP contribution in [0.3, 0.4) is 0 Å². The summed E-state index contributed by atoms with van der Waals surface area (Å²) in [6.45, 7) is 0.623. The summed E-state index contributed by atoms with van der Waals surface area (Å²) in [5, 5.41) is 13.0. The van der Waals surface area contributed by atoms with Crippen molar-refractivity contribution in [2.45, 2.75) is 12.2 Å². The van der Waals surface area contributed by atoms with Crippen molar-refractivity contribution in [3.8, 4) is 0 Å². The molecule has 1 fully saturated rings. The Morgan fingerprint density at radius 2 is 2.40 bits per heavy atom. The van der Waals surface area contributed by atoms with E-state index in [1.165, 1.54) is 0 Å². The molecule has 0 radical (unpaired) electrons. The Balaban J connectivity index is 2.33. The van der Waals surface area contributed by atoms with Gasteiger partial charge in [-0.2, -0.15) is 0 Å². The van der Waals surface area contributed by atoms with Gasteiger partial charge in [0.1, 0.15) is 6.17 Å². The van der Waals surface area contributed by atoms with Crippen molar-refractivity contribution in [3.63, 3.8) is 0 Å². The van der Waals surface area contributed by atoms with E-state index in [0.717, 1.165) is 0 Å². The number of hydrogen-bond acceptors (Lipinski definition) is 2. The Hall–Kier alpha value is -0.840. The summed E-state index contributed by atoms with van der Waals surface area (Å²) in [5.74, 6) is 0. The third-order valence-corrected chi connectivity index (χ3v) is 1.45. The average molecular weight is 148 g/mol. The Bertz CT molecular complexity index is 142. The quantitative estimate of drug-likeness (QED) is 0.472. The fourth-order valence-electron chi connectivity index (χ4n) is 0.947. The molecule has 0 aliphatic carbocycles. The Kier molecular flexibility index (Phi) is 2.06. The molecule has 3 N–H and O–H groups in total. The highest BCUT2D eigenvalue weighted by Gasteiger charge is 2.27. The molecule has 1 aliphatic heterocycles. The molecule has 58 valence electrons. The lowest BCUT2D eigenvalue weighted by molar-refractivity contribution is 0.183. The molecule has 0 spiro atoms. The number of alkyl halides is 1. The van der Waals surface area contributed by atoms with Gasteiger partial charge in [0.15, 0.2) is 0 Å². The summed E-state index contributed by atoms with van der Waals surface area (Å²) >= 11 is 0. The van der Waals surface area contributed by atoms with Gasteiger partial charge in [-0.15, -0.1) is 0 Å².